The molecule has 18 heavy (non-hydrogen) atoms. The van der Waals surface area contributed by atoms with Crippen LogP contribution < -0.4 is 5.73 Å². The molecule has 3 heterocycles. The highest BCUT2D eigenvalue weighted by Crippen LogP contribution is 2.18. The van der Waals surface area contributed by atoms with Gasteiger partial charge in [0.2, 0.25) is 0 Å². The van der Waals surface area contributed by atoms with Gasteiger partial charge in [-0.1, -0.05) is 0 Å². The molecule has 1 unspecified atom stereocenters. The highest BCUT2D eigenvalue weighted by molar-refractivity contribution is 9.10. The van der Waals surface area contributed by atoms with E-state index in [0.29, 0.717) is 12.1 Å². The SMILES string of the molecule is NC(Cc1cnc[nH]1)c1nc2ncc(Br)cc2[nH]1. The summed E-state index contributed by atoms with van der Waals surface area (Å²) in [5.74, 6) is 0.727. The number of H-pyrrole nitrogens is 2. The Morgan fingerprint density at radius 3 is 3.06 bits per heavy atom. The largest absolute Gasteiger partial charge is 0.348 e. The average Bonchev–Trinajstić information content (AvgIpc) is 2.96. The van der Waals surface area contributed by atoms with Crippen molar-refractivity contribution in [3.05, 3.63) is 40.8 Å². The van der Waals surface area contributed by atoms with Gasteiger partial charge < -0.3 is 15.7 Å². The molecular formula is C11H11BrN6. The topological polar surface area (TPSA) is 96.3 Å². The van der Waals surface area contributed by atoms with Crippen molar-refractivity contribution in [3.8, 4) is 0 Å². The van der Waals surface area contributed by atoms with Crippen LogP contribution in [-0.2, 0) is 6.42 Å². The predicted octanol–water partition coefficient (Wildman–Crippen LogP) is 1.69. The fourth-order valence-corrected chi connectivity index (χ4v) is 2.13. The van der Waals surface area contributed by atoms with Crippen LogP contribution in [0.2, 0.25) is 0 Å². The molecule has 0 amide bonds. The van der Waals surface area contributed by atoms with Gasteiger partial charge in [0.15, 0.2) is 5.65 Å². The van der Waals surface area contributed by atoms with Crippen LogP contribution >= 0.6 is 15.9 Å². The molecule has 0 aliphatic heterocycles. The van der Waals surface area contributed by atoms with Gasteiger partial charge in [0.1, 0.15) is 5.82 Å². The fourth-order valence-electron chi connectivity index (χ4n) is 1.80. The van der Waals surface area contributed by atoms with Gasteiger partial charge in [0.25, 0.3) is 0 Å². The molecule has 7 heteroatoms. The first kappa shape index (κ1) is 11.4. The number of hydrogen-bond acceptors (Lipinski definition) is 4. The number of nitrogens with two attached hydrogens (primary N) is 1. The Morgan fingerprint density at radius 2 is 2.28 bits per heavy atom. The first-order valence-corrected chi connectivity index (χ1v) is 6.25. The van der Waals surface area contributed by atoms with Gasteiger partial charge in [-0.15, -0.1) is 0 Å². The quantitative estimate of drug-likeness (QED) is 0.686. The van der Waals surface area contributed by atoms with Crippen LogP contribution in [-0.4, -0.2) is 24.9 Å². The van der Waals surface area contributed by atoms with E-state index in [1.165, 1.54) is 0 Å². The first-order chi connectivity index (χ1) is 8.72. The molecule has 0 aliphatic rings. The summed E-state index contributed by atoms with van der Waals surface area (Å²) in [5.41, 5.74) is 8.64. The standard InChI is InChI=1S/C11H11BrN6/c12-6-1-9-11(15-3-6)18-10(17-9)8(13)2-7-4-14-5-16-7/h1,3-5,8H,2,13H2,(H,14,16)(H,15,17,18). The van der Waals surface area contributed by atoms with Crippen LogP contribution in [0.25, 0.3) is 11.2 Å². The lowest BCUT2D eigenvalue weighted by molar-refractivity contribution is 0.670. The van der Waals surface area contributed by atoms with Crippen LogP contribution in [0, 0.1) is 0 Å². The predicted molar refractivity (Wildman–Crippen MR) is 70.8 cm³/mol. The van der Waals surface area contributed by atoms with Crippen molar-refractivity contribution in [2.75, 3.05) is 0 Å². The summed E-state index contributed by atoms with van der Waals surface area (Å²) in [6.07, 6.45) is 5.77. The molecule has 0 spiro atoms. The Morgan fingerprint density at radius 1 is 1.39 bits per heavy atom. The van der Waals surface area contributed by atoms with Crippen LogP contribution in [0.4, 0.5) is 0 Å². The number of fused-ring (bicyclic) bond motifs is 1. The summed E-state index contributed by atoms with van der Waals surface area (Å²) in [6.45, 7) is 0. The van der Waals surface area contributed by atoms with E-state index in [2.05, 4.69) is 40.8 Å². The first-order valence-electron chi connectivity index (χ1n) is 5.46. The van der Waals surface area contributed by atoms with Gasteiger partial charge in [0, 0.05) is 29.0 Å². The molecule has 0 bridgehead atoms. The van der Waals surface area contributed by atoms with Crippen molar-refractivity contribution >= 4 is 27.1 Å². The van der Waals surface area contributed by atoms with Gasteiger partial charge in [-0.3, -0.25) is 0 Å². The molecule has 92 valence electrons. The molecule has 4 N–H and O–H groups in total. The molecule has 0 saturated heterocycles. The molecule has 1 atom stereocenters. The summed E-state index contributed by atoms with van der Waals surface area (Å²) < 4.78 is 0.910. The van der Waals surface area contributed by atoms with Crippen LogP contribution in [0.5, 0.6) is 0 Å². The third-order valence-corrected chi connectivity index (χ3v) is 3.10. The summed E-state index contributed by atoms with van der Waals surface area (Å²) in [5, 5.41) is 0. The van der Waals surface area contributed by atoms with Gasteiger partial charge in [0.05, 0.1) is 17.9 Å². The maximum absolute atomic E-state index is 6.11. The average molecular weight is 307 g/mol. The lowest BCUT2D eigenvalue weighted by Crippen LogP contribution is -2.15. The van der Waals surface area contributed by atoms with E-state index in [1.807, 2.05) is 6.07 Å². The minimum Gasteiger partial charge on any atom is -0.348 e. The molecule has 3 rings (SSSR count). The van der Waals surface area contributed by atoms with Crippen LogP contribution in [0.1, 0.15) is 17.6 Å². The molecule has 0 radical (unpaired) electrons. The molecular weight excluding hydrogens is 296 g/mol. The highest BCUT2D eigenvalue weighted by Gasteiger charge is 2.13. The van der Waals surface area contributed by atoms with E-state index < -0.39 is 0 Å². The number of nitrogens with one attached hydrogen (secondary N) is 2. The van der Waals surface area contributed by atoms with Crippen molar-refractivity contribution in [2.45, 2.75) is 12.5 Å². The minimum atomic E-state index is -0.210. The summed E-state index contributed by atoms with van der Waals surface area (Å²) in [4.78, 5) is 18.8. The lowest BCUT2D eigenvalue weighted by Gasteiger charge is -2.05. The maximum atomic E-state index is 6.11. The van der Waals surface area contributed by atoms with E-state index in [0.717, 1.165) is 21.5 Å². The van der Waals surface area contributed by atoms with Crippen LogP contribution in [0.15, 0.2) is 29.3 Å². The summed E-state index contributed by atoms with van der Waals surface area (Å²) in [6, 6.07) is 1.72. The molecule has 0 aliphatic carbocycles. The number of aromatic nitrogens is 5. The normalized spacial score (nSPS) is 13.0. The summed E-state index contributed by atoms with van der Waals surface area (Å²) in [7, 11) is 0. The van der Waals surface area contributed by atoms with Gasteiger partial charge in [-0.2, -0.15) is 0 Å². The molecule has 3 aromatic heterocycles. The Hall–Kier alpha value is -1.73. The van der Waals surface area contributed by atoms with Crippen molar-refractivity contribution in [2.24, 2.45) is 5.73 Å². The van der Waals surface area contributed by atoms with Gasteiger partial charge in [-0.25, -0.2) is 15.0 Å². The summed E-state index contributed by atoms with van der Waals surface area (Å²) >= 11 is 3.37. The molecule has 6 nitrogen and oxygen atoms in total. The van der Waals surface area contributed by atoms with Crippen LogP contribution in [0.3, 0.4) is 0 Å². The van der Waals surface area contributed by atoms with E-state index >= 15 is 0 Å². The minimum absolute atomic E-state index is 0.210. The van der Waals surface area contributed by atoms with E-state index in [1.54, 1.807) is 18.7 Å². The zero-order valence-corrected chi connectivity index (χ0v) is 11.0. The van der Waals surface area contributed by atoms with Crippen molar-refractivity contribution in [1.29, 1.82) is 0 Å². The molecule has 0 saturated carbocycles. The highest BCUT2D eigenvalue weighted by atomic mass is 79.9. The molecule has 0 aromatic carbocycles. The number of rotatable bonds is 3. The zero-order valence-electron chi connectivity index (χ0n) is 9.39. The van der Waals surface area contributed by atoms with Gasteiger partial charge >= 0.3 is 0 Å². The second-order valence-corrected chi connectivity index (χ2v) is 4.95. The lowest BCUT2D eigenvalue weighted by atomic mass is 10.2. The Bertz CT molecular complexity index is 659. The number of halogens is 1. The maximum Gasteiger partial charge on any atom is 0.177 e. The van der Waals surface area contributed by atoms with E-state index in [4.69, 9.17) is 5.73 Å². The number of aromatic amines is 2. The van der Waals surface area contributed by atoms with E-state index in [-0.39, 0.29) is 6.04 Å². The Labute approximate surface area is 111 Å². The smallest absolute Gasteiger partial charge is 0.177 e. The third kappa shape index (κ3) is 2.14. The second-order valence-electron chi connectivity index (χ2n) is 4.03. The Balaban J connectivity index is 1.89. The molecule has 3 aromatic rings. The third-order valence-electron chi connectivity index (χ3n) is 2.67. The van der Waals surface area contributed by atoms with E-state index in [9.17, 15) is 0 Å². The van der Waals surface area contributed by atoms with Gasteiger partial charge in [-0.05, 0) is 22.0 Å². The van der Waals surface area contributed by atoms with Crippen molar-refractivity contribution < 1.29 is 0 Å². The number of hydrogen-bond donors (Lipinski definition) is 3. The monoisotopic (exact) mass is 306 g/mol. The number of pyridine rings is 1. The Kier molecular flexibility index (Phi) is 2.85. The number of imidazole rings is 2. The van der Waals surface area contributed by atoms with Crippen molar-refractivity contribution in [3.63, 3.8) is 0 Å². The fraction of sp³-hybridized carbons (Fsp3) is 0.182. The molecule has 0 fully saturated rings. The number of nitrogens with zero attached hydrogens (tertiary/aromatic N) is 3. The second kappa shape index (κ2) is 4.51. The van der Waals surface area contributed by atoms with Crippen molar-refractivity contribution in [1.82, 2.24) is 24.9 Å². The zero-order chi connectivity index (χ0) is 12.5.